The molecule has 0 spiro atoms. The SMILES string of the molecule is [CH2+]C1(C(N)=S)CC1. The second-order valence-electron chi connectivity index (χ2n) is 2.14. The molecule has 1 aliphatic rings. The van der Waals surface area contributed by atoms with Gasteiger partial charge < -0.3 is 5.73 Å². The Hall–Kier alpha value is -0.240. The Bertz CT molecular complexity index is 105. The highest BCUT2D eigenvalue weighted by atomic mass is 32.1. The first-order valence-corrected chi connectivity index (χ1v) is 2.71. The summed E-state index contributed by atoms with van der Waals surface area (Å²) in [6.07, 6.45) is 2.17. The third kappa shape index (κ3) is 0.703. The van der Waals surface area contributed by atoms with E-state index in [0.717, 1.165) is 12.8 Å². The Kier molecular flexibility index (Phi) is 0.790. The van der Waals surface area contributed by atoms with Crippen molar-refractivity contribution in [1.82, 2.24) is 0 Å². The summed E-state index contributed by atoms with van der Waals surface area (Å²) < 4.78 is 0. The van der Waals surface area contributed by atoms with Crippen molar-refractivity contribution < 1.29 is 0 Å². The van der Waals surface area contributed by atoms with E-state index in [-0.39, 0.29) is 5.41 Å². The van der Waals surface area contributed by atoms with Gasteiger partial charge in [0.2, 0.25) is 0 Å². The number of nitrogens with two attached hydrogens (primary N) is 1. The first-order chi connectivity index (χ1) is 3.15. The van der Waals surface area contributed by atoms with Crippen LogP contribution in [-0.2, 0) is 0 Å². The van der Waals surface area contributed by atoms with Crippen LogP contribution in [0.5, 0.6) is 0 Å². The van der Waals surface area contributed by atoms with Crippen LogP contribution in [0.4, 0.5) is 0 Å². The average Bonchev–Trinajstić information content (AvgIpc) is 2.21. The normalized spacial score (nSPS) is 24.0. The van der Waals surface area contributed by atoms with Crippen LogP contribution in [0.3, 0.4) is 0 Å². The maximum atomic E-state index is 5.30. The Balaban J connectivity index is 2.55. The Morgan fingerprint density at radius 1 is 1.71 bits per heavy atom. The fourth-order valence-corrected chi connectivity index (χ4v) is 0.601. The van der Waals surface area contributed by atoms with Crippen molar-refractivity contribution in [3.8, 4) is 0 Å². The zero-order chi connectivity index (χ0) is 5.49. The van der Waals surface area contributed by atoms with Crippen LogP contribution < -0.4 is 5.73 Å². The van der Waals surface area contributed by atoms with Gasteiger partial charge in [-0.25, -0.2) is 0 Å². The second-order valence-corrected chi connectivity index (χ2v) is 2.58. The average molecular weight is 114 g/mol. The van der Waals surface area contributed by atoms with Crippen LogP contribution in [-0.4, -0.2) is 4.99 Å². The van der Waals surface area contributed by atoms with E-state index in [0.29, 0.717) is 4.99 Å². The van der Waals surface area contributed by atoms with Gasteiger partial charge in [0.15, 0.2) is 5.41 Å². The maximum Gasteiger partial charge on any atom is 0.155 e. The quantitative estimate of drug-likeness (QED) is 0.404. The molecule has 38 valence electrons. The lowest BCUT2D eigenvalue weighted by Gasteiger charge is -1.92. The van der Waals surface area contributed by atoms with Crippen LogP contribution in [0.2, 0.25) is 0 Å². The minimum Gasteiger partial charge on any atom is -0.389 e. The number of hydrogen-bond acceptors (Lipinski definition) is 1. The van der Waals surface area contributed by atoms with Crippen molar-refractivity contribution in [3.05, 3.63) is 6.92 Å². The largest absolute Gasteiger partial charge is 0.389 e. The molecular weight excluding hydrogens is 106 g/mol. The molecule has 0 saturated heterocycles. The number of thiocarbonyl (C=S) groups is 1. The van der Waals surface area contributed by atoms with Crippen molar-refractivity contribution in [3.63, 3.8) is 0 Å². The summed E-state index contributed by atoms with van der Waals surface area (Å²) >= 11 is 4.71. The minimum absolute atomic E-state index is 0.00926. The molecule has 0 aromatic rings. The molecule has 0 heterocycles. The van der Waals surface area contributed by atoms with Crippen LogP contribution in [0.1, 0.15) is 12.8 Å². The molecule has 1 aliphatic carbocycles. The molecule has 2 heteroatoms. The molecule has 1 fully saturated rings. The number of hydrogen-bond donors (Lipinski definition) is 1. The van der Waals surface area contributed by atoms with Crippen LogP contribution in [0, 0.1) is 12.3 Å². The minimum atomic E-state index is 0.00926. The molecule has 0 aromatic heterocycles. The van der Waals surface area contributed by atoms with Gasteiger partial charge in [0.25, 0.3) is 0 Å². The van der Waals surface area contributed by atoms with Gasteiger partial charge in [0.05, 0.1) is 6.92 Å². The second kappa shape index (κ2) is 1.13. The van der Waals surface area contributed by atoms with Gasteiger partial charge in [-0.05, 0) is 0 Å². The molecule has 2 N–H and O–H groups in total. The predicted molar refractivity (Wildman–Crippen MR) is 33.8 cm³/mol. The zero-order valence-corrected chi connectivity index (χ0v) is 4.92. The first-order valence-electron chi connectivity index (χ1n) is 2.30. The van der Waals surface area contributed by atoms with E-state index in [1.54, 1.807) is 0 Å². The highest BCUT2D eigenvalue weighted by Crippen LogP contribution is 2.44. The van der Waals surface area contributed by atoms with E-state index in [9.17, 15) is 0 Å². The van der Waals surface area contributed by atoms with Crippen molar-refractivity contribution in [2.24, 2.45) is 11.1 Å². The monoisotopic (exact) mass is 114 g/mol. The topological polar surface area (TPSA) is 26.0 Å². The van der Waals surface area contributed by atoms with Gasteiger partial charge >= 0.3 is 0 Å². The molecule has 0 amide bonds. The summed E-state index contributed by atoms with van der Waals surface area (Å²) in [5.41, 5.74) is 5.31. The molecule has 1 rings (SSSR count). The zero-order valence-electron chi connectivity index (χ0n) is 4.11. The molecule has 0 atom stereocenters. The van der Waals surface area contributed by atoms with Gasteiger partial charge in [-0.1, -0.05) is 12.2 Å². The van der Waals surface area contributed by atoms with E-state index >= 15 is 0 Å². The van der Waals surface area contributed by atoms with E-state index in [1.807, 2.05) is 0 Å². The number of rotatable bonds is 1. The molecule has 7 heavy (non-hydrogen) atoms. The molecule has 0 aliphatic heterocycles. The highest BCUT2D eigenvalue weighted by molar-refractivity contribution is 7.80. The molecule has 1 nitrogen and oxygen atoms in total. The highest BCUT2D eigenvalue weighted by Gasteiger charge is 2.48. The third-order valence-electron chi connectivity index (χ3n) is 1.38. The molecule has 1 saturated carbocycles. The van der Waals surface area contributed by atoms with Gasteiger partial charge in [-0.3, -0.25) is 0 Å². The summed E-state index contributed by atoms with van der Waals surface area (Å²) in [4.78, 5) is 0.576. The van der Waals surface area contributed by atoms with Crippen molar-refractivity contribution in [1.29, 1.82) is 0 Å². The van der Waals surface area contributed by atoms with Crippen LogP contribution in [0.25, 0.3) is 0 Å². The summed E-state index contributed by atoms with van der Waals surface area (Å²) in [6, 6.07) is 0. The lowest BCUT2D eigenvalue weighted by molar-refractivity contribution is 0.922. The van der Waals surface area contributed by atoms with Gasteiger partial charge in [-0.15, -0.1) is 0 Å². The van der Waals surface area contributed by atoms with E-state index in [2.05, 4.69) is 6.92 Å². The standard InChI is InChI=1S/C5H7NS/c1-5(2-3-5)4(6)7/h1-3H2,(H-,6,7)/p+1. The smallest absolute Gasteiger partial charge is 0.155 e. The maximum absolute atomic E-state index is 5.30. The Morgan fingerprint density at radius 2 is 2.14 bits per heavy atom. The van der Waals surface area contributed by atoms with Crippen LogP contribution in [0.15, 0.2) is 0 Å². The molecule has 0 aromatic carbocycles. The molecule has 0 unspecified atom stereocenters. The van der Waals surface area contributed by atoms with Gasteiger partial charge in [0.1, 0.15) is 4.99 Å². The Labute approximate surface area is 48.9 Å². The fourth-order valence-electron chi connectivity index (χ4n) is 0.397. The van der Waals surface area contributed by atoms with Crippen molar-refractivity contribution in [2.75, 3.05) is 0 Å². The lowest BCUT2D eigenvalue weighted by atomic mass is 10.1. The lowest BCUT2D eigenvalue weighted by Crippen LogP contribution is -2.18. The summed E-state index contributed by atoms with van der Waals surface area (Å²) in [5, 5.41) is 0. The summed E-state index contributed by atoms with van der Waals surface area (Å²) in [5.74, 6) is 0. The van der Waals surface area contributed by atoms with Gasteiger partial charge in [-0.2, -0.15) is 0 Å². The first kappa shape index (κ1) is 4.91. The molecule has 0 radical (unpaired) electrons. The van der Waals surface area contributed by atoms with E-state index < -0.39 is 0 Å². The predicted octanol–water partition coefficient (Wildman–Crippen LogP) is 0.887. The van der Waals surface area contributed by atoms with E-state index in [1.165, 1.54) is 0 Å². The van der Waals surface area contributed by atoms with Crippen molar-refractivity contribution >= 4 is 17.2 Å². The third-order valence-corrected chi connectivity index (χ3v) is 1.81. The fraction of sp³-hybridized carbons (Fsp3) is 0.600. The van der Waals surface area contributed by atoms with Gasteiger partial charge in [0, 0.05) is 12.8 Å². The molecular formula is C5H8NS+. The summed E-state index contributed by atoms with van der Waals surface area (Å²) in [7, 11) is 0. The van der Waals surface area contributed by atoms with Crippen molar-refractivity contribution in [2.45, 2.75) is 12.8 Å². The van der Waals surface area contributed by atoms with E-state index in [4.69, 9.17) is 18.0 Å². The van der Waals surface area contributed by atoms with Crippen LogP contribution >= 0.6 is 12.2 Å². The molecule has 0 bridgehead atoms. The summed E-state index contributed by atoms with van der Waals surface area (Å²) in [6.45, 7) is 3.81. The Morgan fingerprint density at radius 3 is 2.14 bits per heavy atom.